The van der Waals surface area contributed by atoms with Gasteiger partial charge in [-0.05, 0) is 41.5 Å². The molecular weight excluding hydrogens is 440 g/mol. The monoisotopic (exact) mass is 460 g/mol. The molecule has 4 rings (SSSR count). The van der Waals surface area contributed by atoms with E-state index in [9.17, 15) is 14.7 Å². The Morgan fingerprint density at radius 1 is 0.848 bits per heavy atom. The van der Waals surface area contributed by atoms with Gasteiger partial charge in [0, 0.05) is 17.6 Å². The summed E-state index contributed by atoms with van der Waals surface area (Å²) in [5.74, 6) is -0.747. The largest absolute Gasteiger partial charge is 0.493 e. The van der Waals surface area contributed by atoms with Crippen LogP contribution in [-0.2, 0) is 11.2 Å². The topological polar surface area (TPSA) is 98.6 Å². The first-order valence-electron chi connectivity index (χ1n) is 10.0. The number of aliphatic carboxylic acids is 1. The molecule has 0 radical (unpaired) electrons. The van der Waals surface area contributed by atoms with Crippen LogP contribution in [-0.4, -0.2) is 39.8 Å². The number of allylic oxidation sites excluding steroid dienone is 1. The molecule has 0 aliphatic carbocycles. The van der Waals surface area contributed by atoms with Crippen LogP contribution in [0, 0.1) is 0 Å². The molecule has 0 fully saturated rings. The third kappa shape index (κ3) is 4.61. The van der Waals surface area contributed by atoms with Gasteiger partial charge in [-0.1, -0.05) is 36.4 Å². The normalized spacial score (nSPS) is 11.7. The van der Waals surface area contributed by atoms with Gasteiger partial charge in [0.25, 0.3) is 0 Å². The van der Waals surface area contributed by atoms with E-state index in [1.807, 2.05) is 30.3 Å². The summed E-state index contributed by atoms with van der Waals surface area (Å²) in [6.45, 7) is 0. The van der Waals surface area contributed by atoms with Crippen molar-refractivity contribution in [3.63, 3.8) is 0 Å². The van der Waals surface area contributed by atoms with E-state index >= 15 is 0 Å². The van der Waals surface area contributed by atoms with Gasteiger partial charge in [-0.25, -0.2) is 4.79 Å². The fourth-order valence-corrected chi connectivity index (χ4v) is 4.12. The molecule has 33 heavy (non-hydrogen) atoms. The molecule has 0 saturated carbocycles. The van der Waals surface area contributed by atoms with Crippen LogP contribution < -0.4 is 9.47 Å². The number of methoxy groups -OCH3 is 2. The number of carboxylic acids is 1. The predicted molar refractivity (Wildman–Crippen MR) is 126 cm³/mol. The van der Waals surface area contributed by atoms with Gasteiger partial charge in [0.15, 0.2) is 17.3 Å². The van der Waals surface area contributed by atoms with E-state index in [-0.39, 0.29) is 17.6 Å². The van der Waals surface area contributed by atoms with Gasteiger partial charge < -0.3 is 14.6 Å². The number of carbonyl (C=O) groups is 2. The molecule has 1 aromatic heterocycles. The Bertz CT molecular complexity index is 1360. The Morgan fingerprint density at radius 3 is 2.24 bits per heavy atom. The molecule has 0 atom stereocenters. The summed E-state index contributed by atoms with van der Waals surface area (Å²) in [6, 6.07) is 19.1. The quantitative estimate of drug-likeness (QED) is 0.301. The van der Waals surface area contributed by atoms with Crippen LogP contribution >= 0.6 is 11.7 Å². The number of nitrogens with zero attached hydrogens (tertiary/aromatic N) is 2. The van der Waals surface area contributed by atoms with Gasteiger partial charge in [0.2, 0.25) is 0 Å². The van der Waals surface area contributed by atoms with E-state index < -0.39 is 11.8 Å². The summed E-state index contributed by atoms with van der Waals surface area (Å²) in [6.07, 6.45) is 0.142. The summed E-state index contributed by atoms with van der Waals surface area (Å²) in [5, 5.41) is 10.2. The second-order valence-electron chi connectivity index (χ2n) is 7.19. The number of carboxylic acid groups (broad SMARTS) is 1. The molecule has 0 amide bonds. The number of rotatable bonds is 8. The molecule has 4 aromatic rings. The van der Waals surface area contributed by atoms with Crippen molar-refractivity contribution in [2.75, 3.05) is 14.2 Å². The Labute approximate surface area is 194 Å². The SMILES string of the molecule is COc1ccc(C(=O)C(Cc2ccccc2)=C(C(=O)O)c2ccc3nsnc3c2)cc1OC. The number of hydrogen-bond donors (Lipinski definition) is 1. The summed E-state index contributed by atoms with van der Waals surface area (Å²) < 4.78 is 19.0. The zero-order valence-corrected chi connectivity index (χ0v) is 18.8. The number of benzene rings is 3. The Hall–Kier alpha value is -4.04. The van der Waals surface area contributed by atoms with Gasteiger partial charge in [-0.15, -0.1) is 0 Å². The van der Waals surface area contributed by atoms with Crippen LogP contribution in [0.2, 0.25) is 0 Å². The minimum absolute atomic E-state index is 0.0754. The molecule has 1 heterocycles. The summed E-state index contributed by atoms with van der Waals surface area (Å²) in [7, 11) is 2.98. The van der Waals surface area contributed by atoms with Crippen LogP contribution in [0.5, 0.6) is 11.5 Å². The molecule has 8 heteroatoms. The highest BCUT2D eigenvalue weighted by molar-refractivity contribution is 7.00. The van der Waals surface area contributed by atoms with Crippen molar-refractivity contribution < 1.29 is 24.2 Å². The summed E-state index contributed by atoms with van der Waals surface area (Å²) >= 11 is 1.05. The lowest BCUT2D eigenvalue weighted by Gasteiger charge is -2.14. The van der Waals surface area contributed by atoms with Crippen LogP contribution in [0.1, 0.15) is 21.5 Å². The van der Waals surface area contributed by atoms with Crippen molar-refractivity contribution in [1.82, 2.24) is 8.75 Å². The Kier molecular flexibility index (Phi) is 6.46. The van der Waals surface area contributed by atoms with E-state index in [0.29, 0.717) is 33.7 Å². The van der Waals surface area contributed by atoms with Crippen molar-refractivity contribution in [2.24, 2.45) is 0 Å². The van der Waals surface area contributed by atoms with Gasteiger partial charge >= 0.3 is 5.97 Å². The van der Waals surface area contributed by atoms with E-state index in [4.69, 9.17) is 9.47 Å². The lowest BCUT2D eigenvalue weighted by molar-refractivity contribution is -0.130. The van der Waals surface area contributed by atoms with Crippen LogP contribution in [0.3, 0.4) is 0 Å². The van der Waals surface area contributed by atoms with Gasteiger partial charge in [0.1, 0.15) is 11.0 Å². The number of ether oxygens (including phenoxy) is 2. The van der Waals surface area contributed by atoms with Crippen LogP contribution in [0.15, 0.2) is 72.3 Å². The molecule has 0 unspecified atom stereocenters. The smallest absolute Gasteiger partial charge is 0.336 e. The van der Waals surface area contributed by atoms with Crippen molar-refractivity contribution >= 4 is 40.1 Å². The standard InChI is InChI=1S/C25H20N2O5S/c1-31-21-11-9-17(14-22(21)32-2)24(28)18(12-15-6-4-3-5-7-15)23(25(29)30)16-8-10-19-20(13-16)27-33-26-19/h3-11,13-14H,12H2,1-2H3,(H,29,30). The van der Waals surface area contributed by atoms with Crippen molar-refractivity contribution in [2.45, 2.75) is 6.42 Å². The van der Waals surface area contributed by atoms with Crippen molar-refractivity contribution in [3.05, 3.63) is 89.0 Å². The number of carbonyl (C=O) groups excluding carboxylic acids is 1. The molecule has 7 nitrogen and oxygen atoms in total. The number of hydrogen-bond acceptors (Lipinski definition) is 7. The molecule has 1 N–H and O–H groups in total. The molecule has 0 bridgehead atoms. The first-order chi connectivity index (χ1) is 16.0. The average molecular weight is 461 g/mol. The zero-order chi connectivity index (χ0) is 23.4. The maximum atomic E-state index is 13.7. The Balaban J connectivity index is 1.91. The number of fused-ring (bicyclic) bond motifs is 1. The second kappa shape index (κ2) is 9.62. The number of ketones is 1. The highest BCUT2D eigenvalue weighted by Crippen LogP contribution is 2.31. The first-order valence-corrected chi connectivity index (χ1v) is 10.7. The molecule has 3 aromatic carbocycles. The minimum atomic E-state index is -1.20. The van der Waals surface area contributed by atoms with Crippen molar-refractivity contribution in [1.29, 1.82) is 0 Å². The van der Waals surface area contributed by atoms with E-state index in [2.05, 4.69) is 8.75 Å². The first kappa shape index (κ1) is 22.2. The second-order valence-corrected chi connectivity index (χ2v) is 7.72. The van der Waals surface area contributed by atoms with Crippen LogP contribution in [0.25, 0.3) is 16.6 Å². The average Bonchev–Trinajstić information content (AvgIpc) is 3.31. The van der Waals surface area contributed by atoms with Gasteiger partial charge in [-0.3, -0.25) is 4.79 Å². The fraction of sp³-hybridized carbons (Fsp3) is 0.120. The molecule has 0 saturated heterocycles. The molecular formula is C25H20N2O5S. The van der Waals surface area contributed by atoms with E-state index in [1.165, 1.54) is 14.2 Å². The lowest BCUT2D eigenvalue weighted by atomic mass is 9.89. The van der Waals surface area contributed by atoms with Crippen molar-refractivity contribution in [3.8, 4) is 11.5 Å². The van der Waals surface area contributed by atoms with Crippen LogP contribution in [0.4, 0.5) is 0 Å². The van der Waals surface area contributed by atoms with Gasteiger partial charge in [0.05, 0.1) is 31.5 Å². The number of Topliss-reactive ketones (excluding diaryl/α,β-unsaturated/α-hetero) is 1. The molecule has 166 valence electrons. The maximum Gasteiger partial charge on any atom is 0.336 e. The third-order valence-electron chi connectivity index (χ3n) is 5.20. The minimum Gasteiger partial charge on any atom is -0.493 e. The van der Waals surface area contributed by atoms with E-state index in [1.54, 1.807) is 36.4 Å². The third-order valence-corrected chi connectivity index (χ3v) is 5.76. The summed E-state index contributed by atoms with van der Waals surface area (Å²) in [5.41, 5.74) is 2.84. The van der Waals surface area contributed by atoms with Gasteiger partial charge in [-0.2, -0.15) is 8.75 Å². The predicted octanol–water partition coefficient (Wildman–Crippen LogP) is 4.67. The highest BCUT2D eigenvalue weighted by atomic mass is 32.1. The summed E-state index contributed by atoms with van der Waals surface area (Å²) in [4.78, 5) is 26.2. The maximum absolute atomic E-state index is 13.7. The highest BCUT2D eigenvalue weighted by Gasteiger charge is 2.25. The fourth-order valence-electron chi connectivity index (χ4n) is 3.60. The lowest BCUT2D eigenvalue weighted by Crippen LogP contribution is -2.14. The Morgan fingerprint density at radius 2 is 1.55 bits per heavy atom. The van der Waals surface area contributed by atoms with E-state index in [0.717, 1.165) is 17.3 Å². The molecule has 0 spiro atoms. The number of aromatic nitrogens is 2. The molecule has 0 aliphatic rings. The molecule has 0 aliphatic heterocycles. The zero-order valence-electron chi connectivity index (χ0n) is 17.9.